The number of benzene rings is 1. The van der Waals surface area contributed by atoms with Crippen molar-refractivity contribution < 1.29 is 18.3 Å². The zero-order valence-electron chi connectivity index (χ0n) is 11.7. The number of hydrogen-bond donors (Lipinski definition) is 2. The fraction of sp³-hybridized carbons (Fsp3) is 0.214. The Balaban J connectivity index is 2.43. The molecule has 21 heavy (non-hydrogen) atoms. The predicted molar refractivity (Wildman–Crippen MR) is 78.7 cm³/mol. The third-order valence-corrected chi connectivity index (χ3v) is 4.20. The van der Waals surface area contributed by atoms with Crippen LogP contribution in [0.15, 0.2) is 41.3 Å². The van der Waals surface area contributed by atoms with Crippen LogP contribution in [-0.4, -0.2) is 25.6 Å². The standard InChI is InChI=1S/C14H16N2O4S/c1-10-4-3-5-14(15-10)16-21(18,19)13-8-11(9-17)6-7-12(13)20-2/h3-8,17H,9H2,1-2H3,(H,15,16). The number of pyridine rings is 1. The van der Waals surface area contributed by atoms with Gasteiger partial charge in [0, 0.05) is 5.69 Å². The number of aliphatic hydroxyl groups excluding tert-OH is 1. The zero-order chi connectivity index (χ0) is 15.5. The van der Waals surface area contributed by atoms with Crippen LogP contribution in [0, 0.1) is 6.92 Å². The van der Waals surface area contributed by atoms with Gasteiger partial charge in [0.25, 0.3) is 10.0 Å². The molecule has 1 aromatic heterocycles. The number of ether oxygens (including phenoxy) is 1. The van der Waals surface area contributed by atoms with Crippen LogP contribution >= 0.6 is 0 Å². The molecule has 0 aliphatic heterocycles. The number of nitrogens with zero attached hydrogens (tertiary/aromatic N) is 1. The average Bonchev–Trinajstić information content (AvgIpc) is 2.46. The van der Waals surface area contributed by atoms with Crippen molar-refractivity contribution in [3.8, 4) is 5.75 Å². The smallest absolute Gasteiger partial charge is 0.266 e. The summed E-state index contributed by atoms with van der Waals surface area (Å²) in [5.74, 6) is 0.429. The summed E-state index contributed by atoms with van der Waals surface area (Å²) in [6.45, 7) is 1.51. The fourth-order valence-electron chi connectivity index (χ4n) is 1.82. The van der Waals surface area contributed by atoms with E-state index in [1.807, 2.05) is 0 Å². The molecule has 1 heterocycles. The third-order valence-electron chi connectivity index (χ3n) is 2.83. The van der Waals surface area contributed by atoms with Crippen LogP contribution in [-0.2, 0) is 16.6 Å². The second-order valence-electron chi connectivity index (χ2n) is 4.41. The van der Waals surface area contributed by atoms with Crippen LogP contribution < -0.4 is 9.46 Å². The second-order valence-corrected chi connectivity index (χ2v) is 6.06. The van der Waals surface area contributed by atoms with E-state index in [1.165, 1.54) is 19.2 Å². The molecule has 1 aromatic carbocycles. The van der Waals surface area contributed by atoms with E-state index in [4.69, 9.17) is 9.84 Å². The number of hydrogen-bond acceptors (Lipinski definition) is 5. The number of rotatable bonds is 5. The van der Waals surface area contributed by atoms with Crippen LogP contribution in [0.3, 0.4) is 0 Å². The molecule has 0 aliphatic carbocycles. The fourth-order valence-corrected chi connectivity index (χ4v) is 3.04. The number of nitrogens with one attached hydrogen (secondary N) is 1. The molecular formula is C14H16N2O4S. The number of anilines is 1. The van der Waals surface area contributed by atoms with Gasteiger partial charge in [-0.1, -0.05) is 12.1 Å². The summed E-state index contributed by atoms with van der Waals surface area (Å²) in [6.07, 6.45) is 0. The maximum absolute atomic E-state index is 12.4. The largest absolute Gasteiger partial charge is 0.495 e. The highest BCUT2D eigenvalue weighted by atomic mass is 32.2. The van der Waals surface area contributed by atoms with E-state index < -0.39 is 10.0 Å². The van der Waals surface area contributed by atoms with Crippen molar-refractivity contribution in [3.05, 3.63) is 47.7 Å². The number of methoxy groups -OCH3 is 1. The maximum atomic E-state index is 12.4. The molecule has 0 unspecified atom stereocenters. The molecule has 0 spiro atoms. The van der Waals surface area contributed by atoms with Gasteiger partial charge in [0.1, 0.15) is 16.5 Å². The lowest BCUT2D eigenvalue weighted by atomic mass is 10.2. The molecule has 0 saturated carbocycles. The third kappa shape index (κ3) is 3.50. The van der Waals surface area contributed by atoms with E-state index in [-0.39, 0.29) is 23.1 Å². The lowest BCUT2D eigenvalue weighted by Gasteiger charge is -2.12. The van der Waals surface area contributed by atoms with Crippen molar-refractivity contribution in [1.29, 1.82) is 0 Å². The van der Waals surface area contributed by atoms with E-state index in [9.17, 15) is 8.42 Å². The minimum Gasteiger partial charge on any atom is -0.495 e. The molecule has 2 rings (SSSR count). The number of sulfonamides is 1. The zero-order valence-corrected chi connectivity index (χ0v) is 12.5. The molecule has 0 saturated heterocycles. The normalized spacial score (nSPS) is 11.2. The van der Waals surface area contributed by atoms with Crippen molar-refractivity contribution in [3.63, 3.8) is 0 Å². The second kappa shape index (κ2) is 6.11. The van der Waals surface area contributed by atoms with Crippen molar-refractivity contribution in [1.82, 2.24) is 4.98 Å². The Hall–Kier alpha value is -2.12. The van der Waals surface area contributed by atoms with Gasteiger partial charge in [-0.2, -0.15) is 0 Å². The van der Waals surface area contributed by atoms with Crippen molar-refractivity contribution in [2.45, 2.75) is 18.4 Å². The van der Waals surface area contributed by atoms with Crippen molar-refractivity contribution in [2.24, 2.45) is 0 Å². The number of aryl methyl sites for hydroxylation is 1. The van der Waals surface area contributed by atoms with Crippen LogP contribution in [0.5, 0.6) is 5.75 Å². The molecule has 6 nitrogen and oxygen atoms in total. The molecule has 2 N–H and O–H groups in total. The minimum absolute atomic E-state index is 0.0418. The van der Waals surface area contributed by atoms with Gasteiger partial charge in [-0.15, -0.1) is 0 Å². The lowest BCUT2D eigenvalue weighted by molar-refractivity contribution is 0.281. The summed E-state index contributed by atoms with van der Waals surface area (Å²) in [4.78, 5) is 4.06. The Labute approximate surface area is 123 Å². The van der Waals surface area contributed by atoms with E-state index in [0.29, 0.717) is 11.3 Å². The molecule has 0 fully saturated rings. The van der Waals surface area contributed by atoms with Crippen LogP contribution in [0.4, 0.5) is 5.82 Å². The van der Waals surface area contributed by atoms with Gasteiger partial charge in [0.05, 0.1) is 13.7 Å². The quantitative estimate of drug-likeness (QED) is 0.877. The van der Waals surface area contributed by atoms with Crippen molar-refractivity contribution >= 4 is 15.8 Å². The van der Waals surface area contributed by atoms with E-state index in [1.54, 1.807) is 31.2 Å². The molecular weight excluding hydrogens is 292 g/mol. The SMILES string of the molecule is COc1ccc(CO)cc1S(=O)(=O)Nc1cccc(C)n1. The first-order chi connectivity index (χ1) is 9.96. The highest BCUT2D eigenvalue weighted by Crippen LogP contribution is 2.26. The van der Waals surface area contributed by atoms with E-state index in [0.717, 1.165) is 0 Å². The lowest BCUT2D eigenvalue weighted by Crippen LogP contribution is -2.15. The van der Waals surface area contributed by atoms with E-state index >= 15 is 0 Å². The molecule has 112 valence electrons. The van der Waals surface area contributed by atoms with Gasteiger partial charge in [0.15, 0.2) is 0 Å². The molecule has 0 atom stereocenters. The first-order valence-electron chi connectivity index (χ1n) is 6.20. The monoisotopic (exact) mass is 308 g/mol. The summed E-state index contributed by atoms with van der Waals surface area (Å²) in [5.41, 5.74) is 1.18. The molecule has 0 aliphatic rings. The number of aliphatic hydroxyl groups is 1. The molecule has 0 amide bonds. The predicted octanol–water partition coefficient (Wildman–Crippen LogP) is 1.69. The number of aromatic nitrogens is 1. The summed E-state index contributed by atoms with van der Waals surface area (Å²) in [7, 11) is -2.47. The first kappa shape index (κ1) is 15.3. The Bertz CT molecular complexity index is 744. The summed E-state index contributed by atoms with van der Waals surface area (Å²) in [5, 5.41) is 9.15. The Morgan fingerprint density at radius 1 is 1.29 bits per heavy atom. The first-order valence-corrected chi connectivity index (χ1v) is 7.69. The highest BCUT2D eigenvalue weighted by Gasteiger charge is 2.20. The molecule has 2 aromatic rings. The topological polar surface area (TPSA) is 88.5 Å². The Kier molecular flexibility index (Phi) is 4.44. The minimum atomic E-state index is -3.85. The van der Waals surface area contributed by atoms with Gasteiger partial charge in [-0.25, -0.2) is 13.4 Å². The van der Waals surface area contributed by atoms with Gasteiger partial charge >= 0.3 is 0 Å². The molecule has 0 radical (unpaired) electrons. The van der Waals surface area contributed by atoms with Gasteiger partial charge in [0.2, 0.25) is 0 Å². The van der Waals surface area contributed by atoms with Gasteiger partial charge in [-0.3, -0.25) is 4.72 Å². The highest BCUT2D eigenvalue weighted by molar-refractivity contribution is 7.92. The Morgan fingerprint density at radius 3 is 2.67 bits per heavy atom. The van der Waals surface area contributed by atoms with Gasteiger partial charge < -0.3 is 9.84 Å². The average molecular weight is 308 g/mol. The summed E-state index contributed by atoms with van der Waals surface area (Å²) >= 11 is 0. The van der Waals surface area contributed by atoms with Crippen LogP contribution in [0.2, 0.25) is 0 Å². The van der Waals surface area contributed by atoms with Crippen molar-refractivity contribution in [2.75, 3.05) is 11.8 Å². The molecule has 0 bridgehead atoms. The van der Waals surface area contributed by atoms with E-state index in [2.05, 4.69) is 9.71 Å². The Morgan fingerprint density at radius 2 is 2.05 bits per heavy atom. The van der Waals surface area contributed by atoms with Crippen LogP contribution in [0.25, 0.3) is 0 Å². The summed E-state index contributed by atoms with van der Waals surface area (Å²) < 4.78 is 32.4. The molecule has 7 heteroatoms. The van der Waals surface area contributed by atoms with Crippen LogP contribution in [0.1, 0.15) is 11.3 Å². The summed E-state index contributed by atoms with van der Waals surface area (Å²) in [6, 6.07) is 9.52. The van der Waals surface area contributed by atoms with Gasteiger partial charge in [-0.05, 0) is 36.8 Å². The maximum Gasteiger partial charge on any atom is 0.266 e.